The molecule has 1 fully saturated rings. The molecule has 0 saturated heterocycles. The quantitative estimate of drug-likeness (QED) is 0.746. The standard InChI is InChI=1S/C14H19F3N2O/c15-14(16,17)7-2-8-20-10-13-4-1-3-12(19-13)9-18-11-5-6-11/h1,3-4,11,18H,2,5-10H2. The summed E-state index contributed by atoms with van der Waals surface area (Å²) in [5, 5.41) is 3.36. The number of halogens is 3. The number of hydrogen-bond acceptors (Lipinski definition) is 3. The van der Waals surface area contributed by atoms with Gasteiger partial charge in [0.1, 0.15) is 0 Å². The molecule has 3 nitrogen and oxygen atoms in total. The van der Waals surface area contributed by atoms with Gasteiger partial charge in [-0.15, -0.1) is 0 Å². The first kappa shape index (κ1) is 15.3. The maximum absolute atomic E-state index is 11.9. The molecule has 0 atom stereocenters. The highest BCUT2D eigenvalue weighted by atomic mass is 19.4. The zero-order valence-electron chi connectivity index (χ0n) is 11.2. The summed E-state index contributed by atoms with van der Waals surface area (Å²) in [5.74, 6) is 0. The molecule has 0 aromatic carbocycles. The second-order valence-electron chi connectivity index (χ2n) is 5.05. The van der Waals surface area contributed by atoms with Crippen molar-refractivity contribution in [1.29, 1.82) is 0 Å². The lowest BCUT2D eigenvalue weighted by molar-refractivity contribution is -0.138. The summed E-state index contributed by atoms with van der Waals surface area (Å²) in [6.07, 6.45) is -2.46. The number of alkyl halides is 3. The zero-order chi connectivity index (χ0) is 14.4. The van der Waals surface area contributed by atoms with Crippen LogP contribution in [0.2, 0.25) is 0 Å². The van der Waals surface area contributed by atoms with Gasteiger partial charge in [0.2, 0.25) is 0 Å². The average molecular weight is 288 g/mol. The third-order valence-corrected chi connectivity index (χ3v) is 3.01. The van der Waals surface area contributed by atoms with Crippen molar-refractivity contribution in [2.75, 3.05) is 6.61 Å². The molecule has 6 heteroatoms. The highest BCUT2D eigenvalue weighted by Crippen LogP contribution is 2.21. The van der Waals surface area contributed by atoms with Crippen LogP contribution in [0.3, 0.4) is 0 Å². The van der Waals surface area contributed by atoms with Crippen LogP contribution in [0.15, 0.2) is 18.2 Å². The van der Waals surface area contributed by atoms with E-state index in [2.05, 4.69) is 10.3 Å². The summed E-state index contributed by atoms with van der Waals surface area (Å²) < 4.78 is 41.0. The predicted molar refractivity (Wildman–Crippen MR) is 69.0 cm³/mol. The van der Waals surface area contributed by atoms with Gasteiger partial charge in [0.15, 0.2) is 0 Å². The number of hydrogen-bond donors (Lipinski definition) is 1. The molecule has 1 aliphatic carbocycles. The lowest BCUT2D eigenvalue weighted by Gasteiger charge is -2.08. The minimum atomic E-state index is -4.10. The van der Waals surface area contributed by atoms with Gasteiger partial charge in [-0.25, -0.2) is 0 Å². The van der Waals surface area contributed by atoms with Gasteiger partial charge in [0.05, 0.1) is 18.0 Å². The van der Waals surface area contributed by atoms with Crippen molar-refractivity contribution in [3.05, 3.63) is 29.6 Å². The van der Waals surface area contributed by atoms with Gasteiger partial charge in [-0.3, -0.25) is 4.98 Å². The predicted octanol–water partition coefficient (Wildman–Crippen LogP) is 3.19. The molecule has 1 aromatic heterocycles. The number of aromatic nitrogens is 1. The molecule has 1 aromatic rings. The Labute approximate surface area is 116 Å². The van der Waals surface area contributed by atoms with Crippen molar-refractivity contribution < 1.29 is 17.9 Å². The largest absolute Gasteiger partial charge is 0.389 e. The highest BCUT2D eigenvalue weighted by Gasteiger charge is 2.25. The molecule has 0 spiro atoms. The van der Waals surface area contributed by atoms with Crippen LogP contribution in [-0.2, 0) is 17.9 Å². The molecule has 0 radical (unpaired) electrons. The van der Waals surface area contributed by atoms with E-state index in [0.717, 1.165) is 17.9 Å². The van der Waals surface area contributed by atoms with Crippen LogP contribution >= 0.6 is 0 Å². The Morgan fingerprint density at radius 2 is 2.00 bits per heavy atom. The molecule has 1 aliphatic rings. The number of rotatable bonds is 8. The number of nitrogens with one attached hydrogen (secondary N) is 1. The Morgan fingerprint density at radius 3 is 2.70 bits per heavy atom. The molecule has 0 aliphatic heterocycles. The average Bonchev–Trinajstić information content (AvgIpc) is 3.19. The Bertz CT molecular complexity index is 419. The number of ether oxygens (including phenoxy) is 1. The summed E-state index contributed by atoms with van der Waals surface area (Å²) in [4.78, 5) is 4.41. The molecule has 0 bridgehead atoms. The van der Waals surface area contributed by atoms with Crippen molar-refractivity contribution >= 4 is 0 Å². The van der Waals surface area contributed by atoms with Gasteiger partial charge < -0.3 is 10.1 Å². The molecule has 0 unspecified atom stereocenters. The van der Waals surface area contributed by atoms with Crippen LogP contribution in [0.1, 0.15) is 37.1 Å². The highest BCUT2D eigenvalue weighted by molar-refractivity contribution is 5.10. The Kier molecular flexibility index (Phi) is 5.37. The van der Waals surface area contributed by atoms with Crippen LogP contribution in [0.25, 0.3) is 0 Å². The molecular formula is C14H19F3N2O. The van der Waals surface area contributed by atoms with E-state index in [-0.39, 0.29) is 19.6 Å². The summed E-state index contributed by atoms with van der Waals surface area (Å²) in [6, 6.07) is 6.28. The first-order valence-corrected chi connectivity index (χ1v) is 6.85. The van der Waals surface area contributed by atoms with Crippen molar-refractivity contribution in [1.82, 2.24) is 10.3 Å². The third-order valence-electron chi connectivity index (χ3n) is 3.01. The summed E-state index contributed by atoms with van der Waals surface area (Å²) in [5.41, 5.74) is 1.69. The molecule has 2 rings (SSSR count). The first-order valence-electron chi connectivity index (χ1n) is 6.85. The molecule has 112 valence electrons. The fourth-order valence-electron chi connectivity index (χ4n) is 1.80. The second kappa shape index (κ2) is 7.04. The van der Waals surface area contributed by atoms with E-state index in [1.807, 2.05) is 18.2 Å². The lowest BCUT2D eigenvalue weighted by Crippen LogP contribution is -2.16. The first-order chi connectivity index (χ1) is 9.53. The van der Waals surface area contributed by atoms with Crippen molar-refractivity contribution in [2.24, 2.45) is 0 Å². The fraction of sp³-hybridized carbons (Fsp3) is 0.643. The van der Waals surface area contributed by atoms with Crippen LogP contribution in [0.4, 0.5) is 13.2 Å². The van der Waals surface area contributed by atoms with Gasteiger partial charge in [-0.1, -0.05) is 6.07 Å². The summed E-state index contributed by atoms with van der Waals surface area (Å²) >= 11 is 0. The third kappa shape index (κ3) is 6.34. The van der Waals surface area contributed by atoms with Crippen LogP contribution in [-0.4, -0.2) is 23.8 Å². The van der Waals surface area contributed by atoms with E-state index >= 15 is 0 Å². The number of pyridine rings is 1. The van der Waals surface area contributed by atoms with E-state index in [1.54, 1.807) is 0 Å². The Morgan fingerprint density at radius 1 is 1.25 bits per heavy atom. The Balaban J connectivity index is 1.65. The smallest absolute Gasteiger partial charge is 0.375 e. The van der Waals surface area contributed by atoms with Gasteiger partial charge >= 0.3 is 6.18 Å². The van der Waals surface area contributed by atoms with Crippen molar-refractivity contribution in [3.8, 4) is 0 Å². The van der Waals surface area contributed by atoms with E-state index in [1.165, 1.54) is 12.8 Å². The number of nitrogens with zero attached hydrogens (tertiary/aromatic N) is 1. The van der Waals surface area contributed by atoms with Gasteiger partial charge in [-0.2, -0.15) is 13.2 Å². The molecular weight excluding hydrogens is 269 g/mol. The maximum Gasteiger partial charge on any atom is 0.389 e. The van der Waals surface area contributed by atoms with Crippen LogP contribution in [0.5, 0.6) is 0 Å². The normalized spacial score (nSPS) is 15.6. The monoisotopic (exact) mass is 288 g/mol. The van der Waals surface area contributed by atoms with E-state index in [4.69, 9.17) is 4.74 Å². The van der Waals surface area contributed by atoms with E-state index in [0.29, 0.717) is 6.04 Å². The SMILES string of the molecule is FC(F)(F)CCCOCc1cccc(CNC2CC2)n1. The summed E-state index contributed by atoms with van der Waals surface area (Å²) in [6.45, 7) is 1.09. The maximum atomic E-state index is 11.9. The topological polar surface area (TPSA) is 34.1 Å². The molecule has 20 heavy (non-hydrogen) atoms. The Hall–Kier alpha value is -1.14. The van der Waals surface area contributed by atoms with Crippen LogP contribution in [0, 0.1) is 0 Å². The zero-order valence-corrected chi connectivity index (χ0v) is 11.2. The fourth-order valence-corrected chi connectivity index (χ4v) is 1.80. The molecule has 1 saturated carbocycles. The van der Waals surface area contributed by atoms with Gasteiger partial charge in [0.25, 0.3) is 0 Å². The van der Waals surface area contributed by atoms with Gasteiger partial charge in [-0.05, 0) is 31.4 Å². The molecule has 1 heterocycles. The lowest BCUT2D eigenvalue weighted by atomic mass is 10.3. The summed E-state index contributed by atoms with van der Waals surface area (Å²) in [7, 11) is 0. The van der Waals surface area contributed by atoms with E-state index < -0.39 is 12.6 Å². The molecule has 0 amide bonds. The second-order valence-corrected chi connectivity index (χ2v) is 5.05. The van der Waals surface area contributed by atoms with Gasteiger partial charge in [0, 0.05) is 25.6 Å². The van der Waals surface area contributed by atoms with Crippen LogP contribution < -0.4 is 5.32 Å². The molecule has 1 N–H and O–H groups in total. The van der Waals surface area contributed by atoms with Crippen molar-refractivity contribution in [3.63, 3.8) is 0 Å². The van der Waals surface area contributed by atoms with E-state index in [9.17, 15) is 13.2 Å². The van der Waals surface area contributed by atoms with Crippen molar-refractivity contribution in [2.45, 2.75) is 51.1 Å². The minimum absolute atomic E-state index is 0.00751. The minimum Gasteiger partial charge on any atom is -0.375 e.